The minimum atomic E-state index is -0.112. The molecule has 0 radical (unpaired) electrons. The summed E-state index contributed by atoms with van der Waals surface area (Å²) in [4.78, 5) is 11.7. The first kappa shape index (κ1) is 14.4. The molecule has 0 bridgehead atoms. The molecule has 0 amide bonds. The number of hydrogen-bond donors (Lipinski definition) is 2. The quantitative estimate of drug-likeness (QED) is 0.889. The third kappa shape index (κ3) is 2.61. The van der Waals surface area contributed by atoms with Crippen LogP contribution in [-0.2, 0) is 12.8 Å². The van der Waals surface area contributed by atoms with Crippen molar-refractivity contribution < 1.29 is 5.11 Å². The molecule has 1 atom stereocenters. The van der Waals surface area contributed by atoms with Crippen LogP contribution in [0.15, 0.2) is 6.33 Å². The Labute approximate surface area is 135 Å². The van der Waals surface area contributed by atoms with Gasteiger partial charge in [0.05, 0.1) is 11.5 Å². The third-order valence-corrected chi connectivity index (χ3v) is 6.29. The van der Waals surface area contributed by atoms with Gasteiger partial charge in [-0.2, -0.15) is 0 Å². The molecule has 2 N–H and O–H groups in total. The predicted molar refractivity (Wildman–Crippen MR) is 90.5 cm³/mol. The molecule has 2 aromatic rings. The number of nitrogens with zero attached hydrogens (tertiary/aromatic N) is 2. The fourth-order valence-corrected chi connectivity index (χ4v) is 5.15. The van der Waals surface area contributed by atoms with E-state index in [0.717, 1.165) is 48.7 Å². The zero-order valence-electron chi connectivity index (χ0n) is 13.0. The van der Waals surface area contributed by atoms with E-state index in [-0.39, 0.29) is 6.10 Å². The second-order valence-corrected chi connectivity index (χ2v) is 7.99. The maximum Gasteiger partial charge on any atom is 0.138 e. The Morgan fingerprint density at radius 1 is 1.18 bits per heavy atom. The zero-order valence-corrected chi connectivity index (χ0v) is 13.8. The Hall–Kier alpha value is -1.20. The highest BCUT2D eigenvalue weighted by atomic mass is 32.1. The van der Waals surface area contributed by atoms with E-state index < -0.39 is 0 Å². The van der Waals surface area contributed by atoms with Gasteiger partial charge < -0.3 is 10.4 Å². The second-order valence-electron chi connectivity index (χ2n) is 6.90. The van der Waals surface area contributed by atoms with E-state index >= 15 is 0 Å². The van der Waals surface area contributed by atoms with Gasteiger partial charge in [-0.15, -0.1) is 11.3 Å². The van der Waals surface area contributed by atoms with Crippen LogP contribution in [0.4, 0.5) is 5.82 Å². The van der Waals surface area contributed by atoms with Crippen LogP contribution in [0, 0.1) is 5.92 Å². The van der Waals surface area contributed by atoms with E-state index in [9.17, 15) is 5.11 Å². The standard InChI is InChI=1S/C17H23N3OS/c1-10-2-7-13-14(8-10)22-17-15(13)16(18-9-19-17)20-11-3-5-12(21)6-4-11/h9-12,21H,2-8H2,1H3,(H,18,19,20). The lowest BCUT2D eigenvalue weighted by molar-refractivity contribution is 0.126. The number of aryl methyl sites for hydroxylation is 1. The topological polar surface area (TPSA) is 58.0 Å². The van der Waals surface area contributed by atoms with Gasteiger partial charge in [-0.1, -0.05) is 6.92 Å². The Balaban J connectivity index is 1.66. The van der Waals surface area contributed by atoms with Gasteiger partial charge in [0.2, 0.25) is 0 Å². The summed E-state index contributed by atoms with van der Waals surface area (Å²) < 4.78 is 0. The van der Waals surface area contributed by atoms with Crippen LogP contribution in [-0.4, -0.2) is 27.2 Å². The van der Waals surface area contributed by atoms with Crippen LogP contribution in [0.3, 0.4) is 0 Å². The molecule has 2 aliphatic carbocycles. The van der Waals surface area contributed by atoms with E-state index in [2.05, 4.69) is 22.2 Å². The van der Waals surface area contributed by atoms with E-state index in [1.54, 1.807) is 6.33 Å². The van der Waals surface area contributed by atoms with E-state index in [4.69, 9.17) is 0 Å². The Morgan fingerprint density at radius 2 is 2.00 bits per heavy atom. The minimum Gasteiger partial charge on any atom is -0.393 e. The van der Waals surface area contributed by atoms with Crippen molar-refractivity contribution in [3.63, 3.8) is 0 Å². The van der Waals surface area contributed by atoms with Crippen LogP contribution >= 0.6 is 11.3 Å². The van der Waals surface area contributed by atoms with Crippen LogP contribution in [0.1, 0.15) is 49.5 Å². The van der Waals surface area contributed by atoms with E-state index in [0.29, 0.717) is 6.04 Å². The van der Waals surface area contributed by atoms with E-state index in [1.807, 2.05) is 11.3 Å². The molecule has 2 heterocycles. The number of nitrogens with one attached hydrogen (secondary N) is 1. The molecule has 1 fully saturated rings. The summed E-state index contributed by atoms with van der Waals surface area (Å²) in [5.74, 6) is 1.79. The molecule has 1 unspecified atom stereocenters. The van der Waals surface area contributed by atoms with Crippen molar-refractivity contribution in [1.82, 2.24) is 9.97 Å². The van der Waals surface area contributed by atoms with Gasteiger partial charge in [0.15, 0.2) is 0 Å². The van der Waals surface area contributed by atoms with Gasteiger partial charge in [0.1, 0.15) is 17.0 Å². The summed E-state index contributed by atoms with van der Waals surface area (Å²) in [5, 5.41) is 14.6. The highest BCUT2D eigenvalue weighted by Gasteiger charge is 2.25. The van der Waals surface area contributed by atoms with Crippen molar-refractivity contribution in [2.45, 2.75) is 64.0 Å². The molecule has 2 aromatic heterocycles. The van der Waals surface area contributed by atoms with Gasteiger partial charge in [-0.3, -0.25) is 0 Å². The molecular formula is C17H23N3OS. The number of rotatable bonds is 2. The molecule has 5 heteroatoms. The normalized spacial score (nSPS) is 28.5. The van der Waals surface area contributed by atoms with Crippen LogP contribution in [0.5, 0.6) is 0 Å². The van der Waals surface area contributed by atoms with Crippen LogP contribution in [0.2, 0.25) is 0 Å². The number of thiophene rings is 1. The summed E-state index contributed by atoms with van der Waals surface area (Å²) in [6, 6.07) is 0.430. The first-order chi connectivity index (χ1) is 10.7. The summed E-state index contributed by atoms with van der Waals surface area (Å²) in [7, 11) is 0. The molecule has 118 valence electrons. The van der Waals surface area contributed by atoms with Crippen molar-refractivity contribution >= 4 is 27.4 Å². The lowest BCUT2D eigenvalue weighted by Gasteiger charge is -2.27. The molecule has 0 saturated heterocycles. The van der Waals surface area contributed by atoms with Crippen LogP contribution < -0.4 is 5.32 Å². The monoisotopic (exact) mass is 317 g/mol. The Bertz CT molecular complexity index is 676. The second kappa shape index (κ2) is 5.78. The van der Waals surface area contributed by atoms with Crippen molar-refractivity contribution in [1.29, 1.82) is 0 Å². The molecule has 0 spiro atoms. The fourth-order valence-electron chi connectivity index (χ4n) is 3.80. The molecule has 2 aliphatic rings. The van der Waals surface area contributed by atoms with Gasteiger partial charge in [0.25, 0.3) is 0 Å². The number of anilines is 1. The summed E-state index contributed by atoms with van der Waals surface area (Å²) in [6.07, 6.45) is 9.02. The lowest BCUT2D eigenvalue weighted by Crippen LogP contribution is -2.28. The summed E-state index contributed by atoms with van der Waals surface area (Å²) in [5.41, 5.74) is 1.48. The van der Waals surface area contributed by atoms with Gasteiger partial charge in [-0.05, 0) is 56.4 Å². The first-order valence-electron chi connectivity index (χ1n) is 8.40. The average molecular weight is 317 g/mol. The highest BCUT2D eigenvalue weighted by molar-refractivity contribution is 7.19. The zero-order chi connectivity index (χ0) is 15.1. The molecular weight excluding hydrogens is 294 g/mol. The molecule has 4 rings (SSSR count). The predicted octanol–water partition coefficient (Wildman–Crippen LogP) is 3.53. The maximum absolute atomic E-state index is 9.66. The number of hydrogen-bond acceptors (Lipinski definition) is 5. The number of aliphatic hydroxyl groups is 1. The highest BCUT2D eigenvalue weighted by Crippen LogP contribution is 2.40. The van der Waals surface area contributed by atoms with Crippen LogP contribution in [0.25, 0.3) is 10.2 Å². The van der Waals surface area contributed by atoms with Gasteiger partial charge in [-0.25, -0.2) is 9.97 Å². The van der Waals surface area contributed by atoms with Crippen molar-refractivity contribution in [2.24, 2.45) is 5.92 Å². The van der Waals surface area contributed by atoms with Gasteiger partial charge in [0, 0.05) is 10.9 Å². The summed E-state index contributed by atoms with van der Waals surface area (Å²) in [6.45, 7) is 2.34. The van der Waals surface area contributed by atoms with Crippen molar-refractivity contribution in [3.05, 3.63) is 16.8 Å². The van der Waals surface area contributed by atoms with Crippen molar-refractivity contribution in [2.75, 3.05) is 5.32 Å². The number of fused-ring (bicyclic) bond motifs is 3. The van der Waals surface area contributed by atoms with Gasteiger partial charge >= 0.3 is 0 Å². The van der Waals surface area contributed by atoms with E-state index in [1.165, 1.54) is 28.7 Å². The molecule has 0 aromatic carbocycles. The SMILES string of the molecule is CC1CCc2c(sc3ncnc(NC4CCC(O)CC4)c23)C1. The maximum atomic E-state index is 9.66. The first-order valence-corrected chi connectivity index (χ1v) is 9.22. The van der Waals surface area contributed by atoms with Crippen molar-refractivity contribution in [3.8, 4) is 0 Å². The fraction of sp³-hybridized carbons (Fsp3) is 0.647. The smallest absolute Gasteiger partial charge is 0.138 e. The third-order valence-electron chi connectivity index (χ3n) is 5.13. The molecule has 1 saturated carbocycles. The largest absolute Gasteiger partial charge is 0.393 e. The average Bonchev–Trinajstić information content (AvgIpc) is 2.88. The minimum absolute atomic E-state index is 0.112. The molecule has 4 nitrogen and oxygen atoms in total. The Kier molecular flexibility index (Phi) is 3.78. The summed E-state index contributed by atoms with van der Waals surface area (Å²) >= 11 is 1.85. The number of aromatic nitrogens is 2. The molecule has 0 aliphatic heterocycles. The lowest BCUT2D eigenvalue weighted by atomic mass is 9.89. The number of aliphatic hydroxyl groups excluding tert-OH is 1. The Morgan fingerprint density at radius 3 is 2.82 bits per heavy atom. The molecule has 22 heavy (non-hydrogen) atoms.